The summed E-state index contributed by atoms with van der Waals surface area (Å²) in [5.41, 5.74) is 5.08. The number of fused-ring (bicyclic) bond motifs is 1. The van der Waals surface area contributed by atoms with Gasteiger partial charge in [-0.2, -0.15) is 18.2 Å². The van der Waals surface area contributed by atoms with E-state index in [0.29, 0.717) is 0 Å². The topological polar surface area (TPSA) is 93.4 Å². The lowest BCUT2D eigenvalue weighted by atomic mass is 10.1. The van der Waals surface area contributed by atoms with Crippen molar-refractivity contribution in [1.82, 2.24) is 9.97 Å². The summed E-state index contributed by atoms with van der Waals surface area (Å²) in [6.07, 6.45) is -4.38. The minimum absolute atomic E-state index is 0.0186. The van der Waals surface area contributed by atoms with Crippen molar-refractivity contribution >= 4 is 35.0 Å². The van der Waals surface area contributed by atoms with Gasteiger partial charge in [-0.05, 0) is 43.7 Å². The molecule has 1 aliphatic heterocycles. The monoisotopic (exact) mass is 481 g/mol. The van der Waals surface area contributed by atoms with Gasteiger partial charge in [-0.1, -0.05) is 17.7 Å². The van der Waals surface area contributed by atoms with E-state index < -0.39 is 29.6 Å². The van der Waals surface area contributed by atoms with E-state index in [-0.39, 0.29) is 46.1 Å². The Morgan fingerprint density at radius 1 is 1.24 bits per heavy atom. The van der Waals surface area contributed by atoms with Gasteiger partial charge in [0.25, 0.3) is 0 Å². The molecule has 2 amide bonds. The molecular formula is C21H16ClF4N5O2. The quantitative estimate of drug-likeness (QED) is 0.373. The molecule has 1 aromatic heterocycles. The minimum atomic E-state index is -4.55. The van der Waals surface area contributed by atoms with Crippen LogP contribution in [-0.4, -0.2) is 22.0 Å². The number of hydrogen-bond donors (Lipinski definition) is 2. The molecule has 33 heavy (non-hydrogen) atoms. The number of hydrogen-bond acceptors (Lipinski definition) is 5. The number of nitrogens with one attached hydrogen (secondary N) is 1. The van der Waals surface area contributed by atoms with Gasteiger partial charge in [0.2, 0.25) is 11.8 Å². The predicted octanol–water partition coefficient (Wildman–Crippen LogP) is 5.65. The van der Waals surface area contributed by atoms with Crippen LogP contribution in [0.2, 0.25) is 5.15 Å². The summed E-state index contributed by atoms with van der Waals surface area (Å²) >= 11 is 5.81. The van der Waals surface area contributed by atoms with Crippen LogP contribution >= 0.6 is 11.6 Å². The van der Waals surface area contributed by atoms with Crippen LogP contribution in [0.15, 0.2) is 42.5 Å². The van der Waals surface area contributed by atoms with E-state index >= 15 is 4.39 Å². The van der Waals surface area contributed by atoms with Crippen molar-refractivity contribution in [2.75, 3.05) is 16.0 Å². The number of carbonyl (C=O) groups excluding carboxylic acids is 1. The lowest BCUT2D eigenvalue weighted by Crippen LogP contribution is -2.39. The number of carbonyl (C=O) groups is 1. The number of rotatable bonds is 3. The maximum Gasteiger partial charge on any atom is 0.416 e. The Balaban J connectivity index is 1.58. The first-order valence-corrected chi connectivity index (χ1v) is 9.97. The molecule has 4 rings (SSSR count). The Morgan fingerprint density at radius 2 is 2.00 bits per heavy atom. The summed E-state index contributed by atoms with van der Waals surface area (Å²) in [4.78, 5) is 21.7. The molecule has 12 heteroatoms. The Labute approximate surface area is 190 Å². The fourth-order valence-corrected chi connectivity index (χ4v) is 3.74. The number of alkyl halides is 3. The van der Waals surface area contributed by atoms with Crippen molar-refractivity contribution in [2.45, 2.75) is 25.6 Å². The molecule has 172 valence electrons. The van der Waals surface area contributed by atoms with Crippen molar-refractivity contribution < 1.29 is 27.1 Å². The number of halogens is 5. The number of nitrogens with two attached hydrogens (primary N) is 1. The first-order chi connectivity index (χ1) is 15.5. The highest BCUT2D eigenvalue weighted by molar-refractivity contribution is 6.29. The van der Waals surface area contributed by atoms with E-state index in [1.807, 2.05) is 0 Å². The van der Waals surface area contributed by atoms with E-state index in [0.717, 1.165) is 12.1 Å². The fraction of sp³-hybridized carbons (Fsp3) is 0.190. The van der Waals surface area contributed by atoms with Crippen LogP contribution in [0.1, 0.15) is 18.1 Å². The highest BCUT2D eigenvalue weighted by Gasteiger charge is 2.35. The van der Waals surface area contributed by atoms with Gasteiger partial charge in [0.05, 0.1) is 11.3 Å². The van der Waals surface area contributed by atoms with E-state index in [4.69, 9.17) is 22.1 Å². The third-order valence-electron chi connectivity index (χ3n) is 4.95. The molecule has 7 nitrogen and oxygen atoms in total. The summed E-state index contributed by atoms with van der Waals surface area (Å²) < 4.78 is 59.5. The van der Waals surface area contributed by atoms with Crippen molar-refractivity contribution in [1.29, 1.82) is 0 Å². The first-order valence-electron chi connectivity index (χ1n) is 9.59. The Morgan fingerprint density at radius 3 is 2.70 bits per heavy atom. The average Bonchev–Trinajstić information content (AvgIpc) is 3.06. The van der Waals surface area contributed by atoms with E-state index in [2.05, 4.69) is 15.3 Å². The molecule has 1 atom stereocenters. The van der Waals surface area contributed by atoms with Gasteiger partial charge in [-0.25, -0.2) is 14.2 Å². The Bertz CT molecular complexity index is 1220. The molecule has 0 aliphatic carbocycles. The molecule has 2 heterocycles. The zero-order chi connectivity index (χ0) is 23.9. The standard InChI is InChI=1S/C21H16ClF4N5O2/c1-10-7-13-14(5-6-15(18(13)23)33-17-9-16(22)29-19(27)30-17)31(10)20(32)28-12-4-2-3-11(8-12)21(24,25)26/h2-6,8-10H,7H2,1H3,(H,28,32)(H2,27,29,30). The number of anilines is 3. The summed E-state index contributed by atoms with van der Waals surface area (Å²) in [5.74, 6) is -1.07. The third-order valence-corrected chi connectivity index (χ3v) is 5.14. The molecule has 3 N–H and O–H groups in total. The Kier molecular flexibility index (Phi) is 5.75. The van der Waals surface area contributed by atoms with Gasteiger partial charge in [0.1, 0.15) is 5.15 Å². The van der Waals surface area contributed by atoms with Gasteiger partial charge >= 0.3 is 12.2 Å². The van der Waals surface area contributed by atoms with Crippen LogP contribution in [0.25, 0.3) is 0 Å². The number of benzene rings is 2. The molecule has 0 radical (unpaired) electrons. The smallest absolute Gasteiger partial charge is 0.416 e. The van der Waals surface area contributed by atoms with Gasteiger partial charge in [0.15, 0.2) is 11.6 Å². The van der Waals surface area contributed by atoms with Crippen LogP contribution in [0.5, 0.6) is 11.6 Å². The number of aromatic nitrogens is 2. The van der Waals surface area contributed by atoms with E-state index in [1.165, 1.54) is 35.2 Å². The number of nitrogen functional groups attached to an aromatic ring is 1. The van der Waals surface area contributed by atoms with Crippen LogP contribution in [-0.2, 0) is 12.6 Å². The van der Waals surface area contributed by atoms with Crippen LogP contribution in [0.4, 0.5) is 39.7 Å². The van der Waals surface area contributed by atoms with Gasteiger partial charge in [0, 0.05) is 23.4 Å². The molecular weight excluding hydrogens is 466 g/mol. The van der Waals surface area contributed by atoms with Crippen molar-refractivity contribution in [3.63, 3.8) is 0 Å². The molecule has 0 fully saturated rings. The number of nitrogens with zero attached hydrogens (tertiary/aromatic N) is 3. The minimum Gasteiger partial charge on any atom is -0.436 e. The molecule has 0 spiro atoms. The lowest BCUT2D eigenvalue weighted by molar-refractivity contribution is -0.137. The molecule has 1 unspecified atom stereocenters. The van der Waals surface area contributed by atoms with Crippen LogP contribution < -0.4 is 20.7 Å². The average molecular weight is 482 g/mol. The van der Waals surface area contributed by atoms with E-state index in [9.17, 15) is 18.0 Å². The number of ether oxygens (including phenoxy) is 1. The SMILES string of the molecule is CC1Cc2c(ccc(Oc3cc(Cl)nc(N)n3)c2F)N1C(=O)Nc1cccc(C(F)(F)F)c1. The highest BCUT2D eigenvalue weighted by Crippen LogP contribution is 2.39. The zero-order valence-corrected chi connectivity index (χ0v) is 17.7. The normalized spacial score (nSPS) is 15.3. The molecule has 2 aromatic carbocycles. The van der Waals surface area contributed by atoms with Gasteiger partial charge < -0.3 is 15.8 Å². The second-order valence-corrected chi connectivity index (χ2v) is 7.68. The Hall–Kier alpha value is -3.60. The molecule has 3 aromatic rings. The fourth-order valence-electron chi connectivity index (χ4n) is 3.56. The lowest BCUT2D eigenvalue weighted by Gasteiger charge is -2.23. The van der Waals surface area contributed by atoms with Crippen LogP contribution in [0.3, 0.4) is 0 Å². The second-order valence-electron chi connectivity index (χ2n) is 7.30. The highest BCUT2D eigenvalue weighted by atomic mass is 35.5. The molecule has 0 saturated carbocycles. The van der Waals surface area contributed by atoms with E-state index in [1.54, 1.807) is 6.92 Å². The molecule has 0 bridgehead atoms. The summed E-state index contributed by atoms with van der Waals surface area (Å²) in [7, 11) is 0. The second kappa shape index (κ2) is 8.39. The van der Waals surface area contributed by atoms with Crippen LogP contribution in [0, 0.1) is 5.82 Å². The van der Waals surface area contributed by atoms with Crippen molar-refractivity contribution in [2.24, 2.45) is 0 Å². The summed E-state index contributed by atoms with van der Waals surface area (Å²) in [5, 5.41) is 2.46. The summed E-state index contributed by atoms with van der Waals surface area (Å²) in [6, 6.07) is 7.16. The maximum absolute atomic E-state index is 15.2. The molecule has 0 saturated heterocycles. The first kappa shape index (κ1) is 22.6. The number of urea groups is 1. The predicted molar refractivity (Wildman–Crippen MR) is 114 cm³/mol. The molecule has 1 aliphatic rings. The van der Waals surface area contributed by atoms with Gasteiger partial charge in [-0.3, -0.25) is 4.90 Å². The summed E-state index contributed by atoms with van der Waals surface area (Å²) in [6.45, 7) is 1.69. The third kappa shape index (κ3) is 4.63. The maximum atomic E-state index is 15.2. The zero-order valence-electron chi connectivity index (χ0n) is 17.0. The van der Waals surface area contributed by atoms with Crippen molar-refractivity contribution in [3.8, 4) is 11.6 Å². The number of amides is 2. The van der Waals surface area contributed by atoms with Gasteiger partial charge in [-0.15, -0.1) is 0 Å². The van der Waals surface area contributed by atoms with Crippen molar-refractivity contribution in [3.05, 3.63) is 64.6 Å². The largest absolute Gasteiger partial charge is 0.436 e.